The molecular weight excluding hydrogens is 197 g/mol. The van der Waals surface area contributed by atoms with Crippen LogP contribution in [0, 0.1) is 0 Å². The first-order chi connectivity index (χ1) is 6.45. The van der Waals surface area contributed by atoms with Crippen LogP contribution in [-0.2, 0) is 4.74 Å². The molecule has 2 nitrogen and oxygen atoms in total. The van der Waals surface area contributed by atoms with E-state index in [0.717, 1.165) is 6.08 Å². The number of rotatable bonds is 5. The van der Waals surface area contributed by atoms with Crippen molar-refractivity contribution < 1.29 is 23.0 Å². The van der Waals surface area contributed by atoms with Gasteiger partial charge in [0, 0.05) is 0 Å². The maximum atomic E-state index is 11.6. The van der Waals surface area contributed by atoms with Crippen LogP contribution in [0.1, 0.15) is 13.3 Å². The summed E-state index contributed by atoms with van der Waals surface area (Å²) in [6.45, 7) is 1.64. The molecule has 14 heavy (non-hydrogen) atoms. The molecule has 0 aliphatic heterocycles. The minimum absolute atomic E-state index is 0.114. The summed E-state index contributed by atoms with van der Waals surface area (Å²) in [7, 11) is 0. The number of ether oxygens (including phenoxy) is 1. The van der Waals surface area contributed by atoms with Crippen LogP contribution in [0.5, 0.6) is 0 Å². The van der Waals surface area contributed by atoms with Crippen molar-refractivity contribution in [3.05, 3.63) is 24.0 Å². The summed E-state index contributed by atoms with van der Waals surface area (Å²) in [5.74, 6) is 0.470. The quantitative estimate of drug-likeness (QED) is 0.557. The normalized spacial score (nSPS) is 13.6. The van der Waals surface area contributed by atoms with Gasteiger partial charge in [0.2, 0.25) is 0 Å². The Hall–Kier alpha value is -0.970. The van der Waals surface area contributed by atoms with Crippen LogP contribution in [0.4, 0.5) is 13.2 Å². The number of hydrogen-bond donors (Lipinski definition) is 1. The van der Waals surface area contributed by atoms with E-state index in [1.165, 1.54) is 12.2 Å². The fraction of sp³-hybridized carbons (Fsp3) is 0.556. The second kappa shape index (κ2) is 6.48. The Bertz CT molecular complexity index is 207. The Labute approximate surface area is 80.7 Å². The van der Waals surface area contributed by atoms with Crippen molar-refractivity contribution in [3.63, 3.8) is 0 Å². The zero-order valence-electron chi connectivity index (χ0n) is 7.84. The van der Waals surface area contributed by atoms with Gasteiger partial charge in [0.15, 0.2) is 0 Å². The predicted octanol–water partition coefficient (Wildman–Crippen LogP) is 2.41. The van der Waals surface area contributed by atoms with Gasteiger partial charge in [-0.05, 0) is 13.0 Å². The second-order valence-corrected chi connectivity index (χ2v) is 2.60. The smallest absolute Gasteiger partial charge is 0.392 e. The number of halogens is 3. The van der Waals surface area contributed by atoms with Gasteiger partial charge in [-0.2, -0.15) is 13.2 Å². The molecule has 0 rings (SSSR count). The summed E-state index contributed by atoms with van der Waals surface area (Å²) < 4.78 is 39.8. The Morgan fingerprint density at radius 2 is 2.07 bits per heavy atom. The molecule has 0 fully saturated rings. The third-order valence-corrected chi connectivity index (χ3v) is 1.24. The summed E-state index contributed by atoms with van der Waals surface area (Å²) in [5.41, 5.74) is 0. The van der Waals surface area contributed by atoms with Crippen LogP contribution in [0.25, 0.3) is 0 Å². The van der Waals surface area contributed by atoms with Crippen LogP contribution < -0.4 is 0 Å². The third-order valence-electron chi connectivity index (χ3n) is 1.24. The van der Waals surface area contributed by atoms with E-state index in [4.69, 9.17) is 9.84 Å². The molecule has 0 heterocycles. The summed E-state index contributed by atoms with van der Waals surface area (Å²) in [4.78, 5) is 0. The van der Waals surface area contributed by atoms with Crippen molar-refractivity contribution >= 4 is 0 Å². The van der Waals surface area contributed by atoms with Crippen molar-refractivity contribution in [1.29, 1.82) is 0 Å². The topological polar surface area (TPSA) is 29.5 Å². The van der Waals surface area contributed by atoms with Crippen LogP contribution in [0.2, 0.25) is 0 Å². The van der Waals surface area contributed by atoms with Gasteiger partial charge in [-0.15, -0.1) is 0 Å². The summed E-state index contributed by atoms with van der Waals surface area (Å²) >= 11 is 0. The fourth-order valence-electron chi connectivity index (χ4n) is 0.660. The molecule has 0 atom stereocenters. The Morgan fingerprint density at radius 1 is 1.43 bits per heavy atom. The van der Waals surface area contributed by atoms with Crippen LogP contribution in [-0.4, -0.2) is 24.5 Å². The molecule has 0 unspecified atom stereocenters. The Kier molecular flexibility index (Phi) is 6.03. The van der Waals surface area contributed by atoms with Crippen LogP contribution in [0.3, 0.4) is 0 Å². The molecular formula is C9H13F3O2. The average molecular weight is 210 g/mol. The van der Waals surface area contributed by atoms with Gasteiger partial charge in [-0.25, -0.2) is 0 Å². The largest absolute Gasteiger partial charge is 0.496 e. The average Bonchev–Trinajstić information content (AvgIpc) is 2.07. The van der Waals surface area contributed by atoms with Gasteiger partial charge in [0.1, 0.15) is 6.61 Å². The third kappa shape index (κ3) is 9.12. The lowest BCUT2D eigenvalue weighted by Crippen LogP contribution is -2.03. The van der Waals surface area contributed by atoms with Gasteiger partial charge in [-0.1, -0.05) is 12.2 Å². The molecule has 0 aromatic heterocycles. The molecule has 0 radical (unpaired) electrons. The molecule has 82 valence electrons. The van der Waals surface area contributed by atoms with Gasteiger partial charge in [0.25, 0.3) is 0 Å². The molecule has 0 bridgehead atoms. The van der Waals surface area contributed by atoms with E-state index in [1.807, 2.05) is 0 Å². The number of aliphatic hydroxyl groups excluding tert-OH is 1. The molecule has 0 spiro atoms. The molecule has 1 N–H and O–H groups in total. The van der Waals surface area contributed by atoms with E-state index in [0.29, 0.717) is 5.76 Å². The molecule has 0 aliphatic carbocycles. The fourth-order valence-corrected chi connectivity index (χ4v) is 0.660. The first kappa shape index (κ1) is 13.0. The van der Waals surface area contributed by atoms with Crippen LogP contribution in [0.15, 0.2) is 24.0 Å². The van der Waals surface area contributed by atoms with Gasteiger partial charge in [0.05, 0.1) is 18.8 Å². The molecule has 0 aliphatic rings. The van der Waals surface area contributed by atoms with Crippen LogP contribution >= 0.6 is 0 Å². The van der Waals surface area contributed by atoms with E-state index in [9.17, 15) is 13.2 Å². The zero-order valence-corrected chi connectivity index (χ0v) is 7.84. The lowest BCUT2D eigenvalue weighted by molar-refractivity contribution is -0.125. The lowest BCUT2D eigenvalue weighted by atomic mass is 10.3. The van der Waals surface area contributed by atoms with E-state index < -0.39 is 12.6 Å². The SMILES string of the molecule is C/C(=C\C=C/CC(F)(F)F)OCCO. The molecule has 0 aromatic rings. The van der Waals surface area contributed by atoms with Crippen molar-refractivity contribution in [2.75, 3.05) is 13.2 Å². The highest BCUT2D eigenvalue weighted by molar-refractivity contribution is 5.06. The highest BCUT2D eigenvalue weighted by atomic mass is 19.4. The number of hydrogen-bond acceptors (Lipinski definition) is 2. The van der Waals surface area contributed by atoms with Crippen molar-refractivity contribution in [1.82, 2.24) is 0 Å². The standard InChI is InChI=1S/C9H13F3O2/c1-8(14-7-6-13)4-2-3-5-9(10,11)12/h2-4,13H,5-7H2,1H3/b3-2-,8-4+. The van der Waals surface area contributed by atoms with Gasteiger partial charge >= 0.3 is 6.18 Å². The first-order valence-electron chi connectivity index (χ1n) is 4.09. The Balaban J connectivity index is 3.78. The highest BCUT2D eigenvalue weighted by Crippen LogP contribution is 2.19. The summed E-state index contributed by atoms with van der Waals surface area (Å²) in [5, 5.41) is 8.37. The highest BCUT2D eigenvalue weighted by Gasteiger charge is 2.24. The van der Waals surface area contributed by atoms with Crippen molar-refractivity contribution in [2.45, 2.75) is 19.5 Å². The minimum Gasteiger partial charge on any atom is -0.496 e. The molecule has 0 aromatic carbocycles. The van der Waals surface area contributed by atoms with Gasteiger partial charge < -0.3 is 9.84 Å². The maximum absolute atomic E-state index is 11.6. The van der Waals surface area contributed by atoms with E-state index in [-0.39, 0.29) is 13.2 Å². The monoisotopic (exact) mass is 210 g/mol. The first-order valence-corrected chi connectivity index (χ1v) is 4.09. The maximum Gasteiger partial charge on any atom is 0.392 e. The predicted molar refractivity (Wildman–Crippen MR) is 46.6 cm³/mol. The number of aliphatic hydroxyl groups is 1. The van der Waals surface area contributed by atoms with Crippen molar-refractivity contribution in [3.8, 4) is 0 Å². The molecule has 0 saturated heterocycles. The second-order valence-electron chi connectivity index (χ2n) is 2.60. The number of alkyl halides is 3. The molecule has 0 amide bonds. The van der Waals surface area contributed by atoms with E-state index in [2.05, 4.69) is 0 Å². The zero-order chi connectivity index (χ0) is 11.0. The van der Waals surface area contributed by atoms with Gasteiger partial charge in [-0.3, -0.25) is 0 Å². The minimum atomic E-state index is -4.16. The summed E-state index contributed by atoms with van der Waals surface area (Å²) in [6.07, 6.45) is -1.41. The Morgan fingerprint density at radius 3 is 2.57 bits per heavy atom. The van der Waals surface area contributed by atoms with Crippen molar-refractivity contribution in [2.24, 2.45) is 0 Å². The number of allylic oxidation sites excluding steroid dienone is 4. The molecule has 0 saturated carbocycles. The summed E-state index contributed by atoms with van der Waals surface area (Å²) in [6, 6.07) is 0. The molecule has 5 heteroatoms. The van der Waals surface area contributed by atoms with E-state index >= 15 is 0 Å². The van der Waals surface area contributed by atoms with E-state index in [1.54, 1.807) is 6.92 Å². The lowest BCUT2D eigenvalue weighted by Gasteiger charge is -2.02.